The van der Waals surface area contributed by atoms with Crippen LogP contribution in [-0.2, 0) is 14.4 Å². The first-order valence-electron chi connectivity index (χ1n) is 7.91. The Bertz CT molecular complexity index is 471. The van der Waals surface area contributed by atoms with Crippen LogP contribution in [-0.4, -0.2) is 41.9 Å². The molecule has 0 spiro atoms. The fourth-order valence-electron chi connectivity index (χ4n) is 2.84. The van der Waals surface area contributed by atoms with Gasteiger partial charge in [-0.3, -0.25) is 9.78 Å². The van der Waals surface area contributed by atoms with Crippen molar-refractivity contribution in [1.82, 2.24) is 15.4 Å². The Morgan fingerprint density at radius 2 is 2.14 bits per heavy atom. The lowest BCUT2D eigenvalue weighted by Gasteiger charge is -2.32. The van der Waals surface area contributed by atoms with Gasteiger partial charge in [0.05, 0.1) is 6.20 Å². The van der Waals surface area contributed by atoms with Crippen LogP contribution in [0.2, 0.25) is 0 Å². The highest BCUT2D eigenvalue weighted by molar-refractivity contribution is 5.77. The molecule has 120 valence electrons. The van der Waals surface area contributed by atoms with E-state index in [-0.39, 0.29) is 18.1 Å². The number of nitrogens with one attached hydrogen (secondary N) is 1. The molecule has 0 aliphatic carbocycles. The Hall–Kier alpha value is -1.73. The molecule has 1 atom stereocenters. The number of aromatic nitrogens is 2. The summed E-state index contributed by atoms with van der Waals surface area (Å²) in [4.78, 5) is 28.0. The molecule has 3 heterocycles. The minimum atomic E-state index is -0.294. The van der Waals surface area contributed by atoms with E-state index >= 15 is 0 Å². The van der Waals surface area contributed by atoms with Crippen LogP contribution in [0.3, 0.4) is 0 Å². The molecule has 0 saturated carbocycles. The number of nitrogens with zero attached hydrogens (tertiary/aromatic N) is 3. The van der Waals surface area contributed by atoms with Crippen molar-refractivity contribution in [3.05, 3.63) is 18.6 Å². The van der Waals surface area contributed by atoms with E-state index < -0.39 is 0 Å². The van der Waals surface area contributed by atoms with Gasteiger partial charge in [0.2, 0.25) is 5.91 Å². The van der Waals surface area contributed by atoms with Gasteiger partial charge in [-0.2, -0.15) is 0 Å². The number of anilines is 1. The van der Waals surface area contributed by atoms with Crippen molar-refractivity contribution >= 4 is 11.7 Å². The molecule has 1 N–H and O–H groups in total. The zero-order valence-electron chi connectivity index (χ0n) is 12.6. The zero-order chi connectivity index (χ0) is 15.2. The van der Waals surface area contributed by atoms with Crippen LogP contribution < -0.4 is 10.4 Å². The quantitative estimate of drug-likeness (QED) is 0.844. The van der Waals surface area contributed by atoms with E-state index in [1.54, 1.807) is 18.6 Å². The molecule has 1 aromatic rings. The molecule has 1 aromatic heterocycles. The Morgan fingerprint density at radius 3 is 2.82 bits per heavy atom. The summed E-state index contributed by atoms with van der Waals surface area (Å²) in [5.41, 5.74) is 2.57. The Labute approximate surface area is 130 Å². The summed E-state index contributed by atoms with van der Waals surface area (Å²) in [6.45, 7) is 2.31. The van der Waals surface area contributed by atoms with E-state index in [1.165, 1.54) is 0 Å². The topological polar surface area (TPSA) is 76.6 Å². The lowest BCUT2D eigenvalue weighted by Crippen LogP contribution is -2.42. The number of hydrogen-bond acceptors (Lipinski definition) is 6. The lowest BCUT2D eigenvalue weighted by atomic mass is 9.96. The molecular weight excluding hydrogens is 284 g/mol. The Morgan fingerprint density at radius 1 is 1.27 bits per heavy atom. The molecule has 3 rings (SSSR count). The summed E-state index contributed by atoms with van der Waals surface area (Å²) in [6.07, 6.45) is 9.37. The SMILES string of the molecule is O=C(NO[C@@H]1CCCCO1)C1CCN(c2cnccn2)CC1. The van der Waals surface area contributed by atoms with Crippen molar-refractivity contribution in [2.45, 2.75) is 38.4 Å². The third kappa shape index (κ3) is 3.92. The van der Waals surface area contributed by atoms with E-state index in [1.807, 2.05) is 0 Å². The number of amides is 1. The summed E-state index contributed by atoms with van der Waals surface area (Å²) in [5.74, 6) is 0.803. The second kappa shape index (κ2) is 7.51. The molecule has 2 aliphatic rings. The van der Waals surface area contributed by atoms with E-state index in [4.69, 9.17) is 9.57 Å². The molecule has 0 aromatic carbocycles. The molecule has 0 bridgehead atoms. The molecular formula is C15H22N4O3. The number of piperidine rings is 1. The van der Waals surface area contributed by atoms with Crippen LogP contribution in [0.4, 0.5) is 5.82 Å². The molecule has 7 heteroatoms. The highest BCUT2D eigenvalue weighted by atomic mass is 16.8. The predicted octanol–water partition coefficient (Wildman–Crippen LogP) is 1.27. The number of carbonyl (C=O) groups excluding carboxylic acids is 1. The summed E-state index contributed by atoms with van der Waals surface area (Å²) < 4.78 is 5.43. The summed E-state index contributed by atoms with van der Waals surface area (Å²) in [6, 6.07) is 0. The maximum atomic E-state index is 12.1. The number of carbonyl (C=O) groups is 1. The van der Waals surface area contributed by atoms with Crippen molar-refractivity contribution < 1.29 is 14.4 Å². The van der Waals surface area contributed by atoms with Crippen LogP contribution in [0.25, 0.3) is 0 Å². The van der Waals surface area contributed by atoms with E-state index in [9.17, 15) is 4.79 Å². The maximum Gasteiger partial charge on any atom is 0.246 e. The second-order valence-electron chi connectivity index (χ2n) is 5.71. The fourth-order valence-corrected chi connectivity index (χ4v) is 2.84. The first kappa shape index (κ1) is 15.2. The van der Waals surface area contributed by atoms with Gasteiger partial charge < -0.3 is 9.64 Å². The minimum Gasteiger partial charge on any atom is -0.355 e. The second-order valence-corrected chi connectivity index (χ2v) is 5.71. The van der Waals surface area contributed by atoms with Gasteiger partial charge in [-0.1, -0.05) is 0 Å². The molecule has 2 fully saturated rings. The van der Waals surface area contributed by atoms with Crippen molar-refractivity contribution in [3.8, 4) is 0 Å². The highest BCUT2D eigenvalue weighted by Crippen LogP contribution is 2.21. The van der Waals surface area contributed by atoms with E-state index in [0.29, 0.717) is 6.61 Å². The normalized spacial score (nSPS) is 23.3. The van der Waals surface area contributed by atoms with Crippen molar-refractivity contribution in [3.63, 3.8) is 0 Å². The molecule has 22 heavy (non-hydrogen) atoms. The first-order chi connectivity index (χ1) is 10.8. The Kier molecular flexibility index (Phi) is 5.18. The first-order valence-corrected chi connectivity index (χ1v) is 7.91. The van der Waals surface area contributed by atoms with Crippen molar-refractivity contribution in [1.29, 1.82) is 0 Å². The summed E-state index contributed by atoms with van der Waals surface area (Å²) in [7, 11) is 0. The molecule has 2 saturated heterocycles. The average Bonchev–Trinajstić information content (AvgIpc) is 2.61. The van der Waals surface area contributed by atoms with E-state index in [0.717, 1.165) is 51.0 Å². The summed E-state index contributed by atoms with van der Waals surface area (Å²) >= 11 is 0. The van der Waals surface area contributed by atoms with Gasteiger partial charge in [0.25, 0.3) is 0 Å². The highest BCUT2D eigenvalue weighted by Gasteiger charge is 2.26. The molecule has 2 aliphatic heterocycles. The zero-order valence-corrected chi connectivity index (χ0v) is 12.6. The Balaban J connectivity index is 1.41. The standard InChI is InChI=1S/C15H22N4O3/c20-15(18-22-14-3-1-2-10-21-14)12-4-8-19(9-5-12)13-11-16-6-7-17-13/h6-7,11-12,14H,1-5,8-10H2,(H,18,20)/t14-/m1/s1. The van der Waals surface area contributed by atoms with Gasteiger partial charge >= 0.3 is 0 Å². The fraction of sp³-hybridized carbons (Fsp3) is 0.667. The van der Waals surface area contributed by atoms with Gasteiger partial charge in [-0.05, 0) is 25.7 Å². The van der Waals surface area contributed by atoms with E-state index in [2.05, 4.69) is 20.3 Å². The third-order valence-corrected chi connectivity index (χ3v) is 4.17. The van der Waals surface area contributed by atoms with Crippen LogP contribution >= 0.6 is 0 Å². The van der Waals surface area contributed by atoms with Gasteiger partial charge in [0.15, 0.2) is 6.29 Å². The largest absolute Gasteiger partial charge is 0.355 e. The van der Waals surface area contributed by atoms with Crippen molar-refractivity contribution in [2.24, 2.45) is 5.92 Å². The van der Waals surface area contributed by atoms with Gasteiger partial charge in [0, 0.05) is 44.4 Å². The van der Waals surface area contributed by atoms with Gasteiger partial charge in [-0.15, -0.1) is 0 Å². The van der Waals surface area contributed by atoms with Gasteiger partial charge in [-0.25, -0.2) is 15.3 Å². The van der Waals surface area contributed by atoms with Crippen LogP contribution in [0, 0.1) is 5.92 Å². The number of rotatable bonds is 4. The molecule has 1 amide bonds. The average molecular weight is 306 g/mol. The monoisotopic (exact) mass is 306 g/mol. The molecule has 0 radical (unpaired) electrons. The number of hydrogen-bond donors (Lipinski definition) is 1. The minimum absolute atomic E-state index is 0.0171. The predicted molar refractivity (Wildman–Crippen MR) is 79.8 cm³/mol. The van der Waals surface area contributed by atoms with Crippen LogP contribution in [0.5, 0.6) is 0 Å². The van der Waals surface area contributed by atoms with Crippen LogP contribution in [0.15, 0.2) is 18.6 Å². The van der Waals surface area contributed by atoms with Crippen LogP contribution in [0.1, 0.15) is 32.1 Å². The third-order valence-electron chi connectivity index (χ3n) is 4.17. The molecule has 7 nitrogen and oxygen atoms in total. The number of hydroxylamine groups is 1. The van der Waals surface area contributed by atoms with Gasteiger partial charge in [0.1, 0.15) is 5.82 Å². The number of ether oxygens (including phenoxy) is 1. The maximum absolute atomic E-state index is 12.1. The van der Waals surface area contributed by atoms with Crippen molar-refractivity contribution in [2.75, 3.05) is 24.6 Å². The molecule has 0 unspecified atom stereocenters. The lowest BCUT2D eigenvalue weighted by molar-refractivity contribution is -0.202. The smallest absolute Gasteiger partial charge is 0.246 e. The summed E-state index contributed by atoms with van der Waals surface area (Å²) in [5, 5.41) is 0.